The molecule has 2 N–H and O–H groups in total. The van der Waals surface area contributed by atoms with E-state index in [0.29, 0.717) is 19.1 Å². The minimum atomic E-state index is -0.517. The van der Waals surface area contributed by atoms with E-state index in [1.54, 1.807) is 0 Å². The molecule has 2 aromatic rings. The van der Waals surface area contributed by atoms with E-state index in [1.165, 1.54) is 25.3 Å². The Labute approximate surface area is 170 Å². The predicted molar refractivity (Wildman–Crippen MR) is 110 cm³/mol. The van der Waals surface area contributed by atoms with Crippen LogP contribution in [-0.4, -0.2) is 30.7 Å². The molecule has 1 aliphatic carbocycles. The number of phenolic OH excluding ortho intramolecular Hbond substituents is 1. The molecule has 29 heavy (non-hydrogen) atoms. The van der Waals surface area contributed by atoms with Gasteiger partial charge in [0.2, 0.25) is 5.91 Å². The number of carbonyl (C=O) groups excluding carboxylic acids is 2. The van der Waals surface area contributed by atoms with Crippen LogP contribution in [0.5, 0.6) is 5.75 Å². The first-order valence-electron chi connectivity index (χ1n) is 9.90. The molecule has 0 unspecified atom stereocenters. The van der Waals surface area contributed by atoms with Gasteiger partial charge in [0.05, 0.1) is 25.0 Å². The number of amides is 1. The third-order valence-corrected chi connectivity index (χ3v) is 5.36. The Morgan fingerprint density at radius 2 is 1.79 bits per heavy atom. The molecule has 0 spiro atoms. The standard InChI is InChI=1S/C23H27NO5/c1-28-23(27)19-11-12-21(25)20(13-19)24-22(26)18-9-7-17(8-10-18)15-29-14-16-5-3-2-4-6-16/h2-6,11-13,17-18,25H,7-10,14-15H2,1H3,(H,24,26)/t17-,18-. The quantitative estimate of drug-likeness (QED) is 0.542. The Kier molecular flexibility index (Phi) is 7.25. The van der Waals surface area contributed by atoms with Crippen molar-refractivity contribution in [2.45, 2.75) is 32.3 Å². The smallest absolute Gasteiger partial charge is 0.337 e. The van der Waals surface area contributed by atoms with Gasteiger partial charge < -0.3 is 19.9 Å². The fraction of sp³-hybridized carbons (Fsp3) is 0.391. The highest BCUT2D eigenvalue weighted by molar-refractivity contribution is 5.97. The molecule has 6 nitrogen and oxygen atoms in total. The molecule has 3 rings (SSSR count). The molecule has 154 valence electrons. The average molecular weight is 397 g/mol. The lowest BCUT2D eigenvalue weighted by Crippen LogP contribution is -2.28. The summed E-state index contributed by atoms with van der Waals surface area (Å²) in [4.78, 5) is 24.3. The number of hydrogen-bond acceptors (Lipinski definition) is 5. The number of benzene rings is 2. The number of methoxy groups -OCH3 is 1. The molecule has 0 atom stereocenters. The van der Waals surface area contributed by atoms with Crippen LogP contribution in [0.25, 0.3) is 0 Å². The molecule has 2 aromatic carbocycles. The molecular formula is C23H27NO5. The molecule has 6 heteroatoms. The van der Waals surface area contributed by atoms with Gasteiger partial charge >= 0.3 is 5.97 Å². The van der Waals surface area contributed by atoms with Crippen LogP contribution < -0.4 is 5.32 Å². The van der Waals surface area contributed by atoms with Crippen LogP contribution >= 0.6 is 0 Å². The Balaban J connectivity index is 1.46. The van der Waals surface area contributed by atoms with Crippen LogP contribution in [0.1, 0.15) is 41.6 Å². The molecule has 1 saturated carbocycles. The van der Waals surface area contributed by atoms with Gasteiger partial charge in [0, 0.05) is 12.5 Å². The maximum atomic E-state index is 12.6. The summed E-state index contributed by atoms with van der Waals surface area (Å²) in [7, 11) is 1.29. The fourth-order valence-electron chi connectivity index (χ4n) is 3.62. The zero-order valence-electron chi connectivity index (χ0n) is 16.6. The van der Waals surface area contributed by atoms with Crippen LogP contribution in [-0.2, 0) is 20.9 Å². The fourth-order valence-corrected chi connectivity index (χ4v) is 3.62. The number of phenols is 1. The van der Waals surface area contributed by atoms with Gasteiger partial charge in [0.25, 0.3) is 0 Å². The minimum absolute atomic E-state index is 0.0750. The topological polar surface area (TPSA) is 84.9 Å². The van der Waals surface area contributed by atoms with Crippen molar-refractivity contribution in [2.24, 2.45) is 11.8 Å². The van der Waals surface area contributed by atoms with Gasteiger partial charge in [-0.15, -0.1) is 0 Å². The van der Waals surface area contributed by atoms with Gasteiger partial charge in [-0.2, -0.15) is 0 Å². The summed E-state index contributed by atoms with van der Waals surface area (Å²) in [5.41, 5.74) is 1.67. The highest BCUT2D eigenvalue weighted by Crippen LogP contribution is 2.31. The van der Waals surface area contributed by atoms with Gasteiger partial charge in [0.15, 0.2) is 0 Å². The highest BCUT2D eigenvalue weighted by Gasteiger charge is 2.27. The molecule has 0 aliphatic heterocycles. The van der Waals surface area contributed by atoms with E-state index in [-0.39, 0.29) is 28.8 Å². The predicted octanol–water partition coefficient (Wildman–Crippen LogP) is 4.14. The highest BCUT2D eigenvalue weighted by atomic mass is 16.5. The number of anilines is 1. The summed E-state index contributed by atoms with van der Waals surface area (Å²) >= 11 is 0. The lowest BCUT2D eigenvalue weighted by Gasteiger charge is -2.27. The number of nitrogens with one attached hydrogen (secondary N) is 1. The van der Waals surface area contributed by atoms with Gasteiger partial charge in [-0.05, 0) is 55.4 Å². The molecule has 1 amide bonds. The molecule has 0 aromatic heterocycles. The number of ether oxygens (including phenoxy) is 2. The Bertz CT molecular complexity index is 828. The SMILES string of the molecule is COC(=O)c1ccc(O)c(NC(=O)[C@H]2CC[C@H](COCc3ccccc3)CC2)c1. The van der Waals surface area contributed by atoms with Gasteiger partial charge in [-0.3, -0.25) is 4.79 Å². The molecule has 0 saturated heterocycles. The van der Waals surface area contributed by atoms with E-state index in [0.717, 1.165) is 31.2 Å². The summed E-state index contributed by atoms with van der Waals surface area (Å²) in [6.07, 6.45) is 3.42. The zero-order chi connectivity index (χ0) is 20.6. The number of carbonyl (C=O) groups is 2. The number of hydrogen-bond donors (Lipinski definition) is 2. The van der Waals surface area contributed by atoms with E-state index in [1.807, 2.05) is 30.3 Å². The van der Waals surface area contributed by atoms with Crippen molar-refractivity contribution in [3.05, 3.63) is 59.7 Å². The van der Waals surface area contributed by atoms with Crippen molar-refractivity contribution < 1.29 is 24.2 Å². The first-order valence-corrected chi connectivity index (χ1v) is 9.90. The van der Waals surface area contributed by atoms with Crippen LogP contribution in [0.15, 0.2) is 48.5 Å². The van der Waals surface area contributed by atoms with Crippen molar-refractivity contribution in [3.8, 4) is 5.75 Å². The van der Waals surface area contributed by atoms with Crippen molar-refractivity contribution in [3.63, 3.8) is 0 Å². The van der Waals surface area contributed by atoms with Crippen LogP contribution in [0, 0.1) is 11.8 Å². The Hall–Kier alpha value is -2.86. The second-order valence-electron chi connectivity index (χ2n) is 7.43. The summed E-state index contributed by atoms with van der Waals surface area (Å²) in [6.45, 7) is 1.31. The van der Waals surface area contributed by atoms with Crippen molar-refractivity contribution in [1.29, 1.82) is 0 Å². The maximum Gasteiger partial charge on any atom is 0.337 e. The number of aromatic hydroxyl groups is 1. The summed E-state index contributed by atoms with van der Waals surface area (Å²) in [6, 6.07) is 14.4. The summed E-state index contributed by atoms with van der Waals surface area (Å²) in [5, 5.41) is 12.7. The summed E-state index contributed by atoms with van der Waals surface area (Å²) < 4.78 is 10.5. The number of esters is 1. The third kappa shape index (κ3) is 5.81. The molecule has 0 bridgehead atoms. The van der Waals surface area contributed by atoms with Crippen LogP contribution in [0.3, 0.4) is 0 Å². The molecule has 0 radical (unpaired) electrons. The zero-order valence-corrected chi connectivity index (χ0v) is 16.6. The second-order valence-corrected chi connectivity index (χ2v) is 7.43. The molecule has 1 fully saturated rings. The summed E-state index contributed by atoms with van der Waals surface area (Å²) in [5.74, 6) is -0.378. The first-order chi connectivity index (χ1) is 14.1. The van der Waals surface area contributed by atoms with Crippen molar-refractivity contribution >= 4 is 17.6 Å². The van der Waals surface area contributed by atoms with E-state index in [9.17, 15) is 14.7 Å². The van der Waals surface area contributed by atoms with Crippen molar-refractivity contribution in [1.82, 2.24) is 0 Å². The molecular weight excluding hydrogens is 370 g/mol. The van der Waals surface area contributed by atoms with Crippen molar-refractivity contribution in [2.75, 3.05) is 19.0 Å². The lowest BCUT2D eigenvalue weighted by molar-refractivity contribution is -0.121. The number of rotatable bonds is 7. The van der Waals surface area contributed by atoms with Gasteiger partial charge in [-0.25, -0.2) is 4.79 Å². The average Bonchev–Trinajstić information content (AvgIpc) is 2.76. The van der Waals surface area contributed by atoms with Crippen LogP contribution in [0.4, 0.5) is 5.69 Å². The minimum Gasteiger partial charge on any atom is -0.506 e. The lowest BCUT2D eigenvalue weighted by atomic mass is 9.82. The van der Waals surface area contributed by atoms with Crippen LogP contribution in [0.2, 0.25) is 0 Å². The van der Waals surface area contributed by atoms with Gasteiger partial charge in [-0.1, -0.05) is 30.3 Å². The molecule has 1 aliphatic rings. The monoisotopic (exact) mass is 397 g/mol. The molecule has 0 heterocycles. The first kappa shape index (κ1) is 20.9. The van der Waals surface area contributed by atoms with E-state index in [2.05, 4.69) is 10.1 Å². The Morgan fingerprint density at radius 1 is 1.07 bits per heavy atom. The largest absolute Gasteiger partial charge is 0.506 e. The third-order valence-electron chi connectivity index (χ3n) is 5.36. The van der Waals surface area contributed by atoms with E-state index in [4.69, 9.17) is 4.74 Å². The Morgan fingerprint density at radius 3 is 2.48 bits per heavy atom. The maximum absolute atomic E-state index is 12.6. The van der Waals surface area contributed by atoms with E-state index >= 15 is 0 Å². The van der Waals surface area contributed by atoms with Gasteiger partial charge in [0.1, 0.15) is 5.75 Å². The van der Waals surface area contributed by atoms with E-state index < -0.39 is 5.97 Å². The second kappa shape index (κ2) is 10.1. The normalized spacial score (nSPS) is 18.8.